The number of carbonyl (C=O) groups is 1. The van der Waals surface area contributed by atoms with Crippen LogP contribution in [0.3, 0.4) is 0 Å². The van der Waals surface area contributed by atoms with Crippen molar-refractivity contribution in [3.63, 3.8) is 0 Å². The predicted molar refractivity (Wildman–Crippen MR) is 70.4 cm³/mol. The van der Waals surface area contributed by atoms with Gasteiger partial charge in [-0.1, -0.05) is 12.1 Å². The SMILES string of the molecule is O=C(O)N1CCc2c(cccc2OCCCCO)C1. The summed E-state index contributed by atoms with van der Waals surface area (Å²) < 4.78 is 5.73. The van der Waals surface area contributed by atoms with Crippen LogP contribution in [-0.4, -0.2) is 41.0 Å². The van der Waals surface area contributed by atoms with Gasteiger partial charge >= 0.3 is 6.09 Å². The molecule has 1 aliphatic rings. The lowest BCUT2D eigenvalue weighted by molar-refractivity contribution is 0.139. The van der Waals surface area contributed by atoms with Gasteiger partial charge in [-0.15, -0.1) is 0 Å². The van der Waals surface area contributed by atoms with Crippen molar-refractivity contribution < 1.29 is 19.7 Å². The van der Waals surface area contributed by atoms with Gasteiger partial charge in [0.1, 0.15) is 5.75 Å². The number of ether oxygens (including phenoxy) is 1. The Hall–Kier alpha value is -1.75. The van der Waals surface area contributed by atoms with Gasteiger partial charge in [0.25, 0.3) is 0 Å². The minimum absolute atomic E-state index is 0.184. The molecule has 2 rings (SSSR count). The minimum Gasteiger partial charge on any atom is -0.493 e. The fourth-order valence-electron chi connectivity index (χ4n) is 2.27. The number of aliphatic hydroxyl groups is 1. The van der Waals surface area contributed by atoms with Crippen molar-refractivity contribution in [2.75, 3.05) is 19.8 Å². The lowest BCUT2D eigenvalue weighted by Gasteiger charge is -2.27. The predicted octanol–water partition coefficient (Wildman–Crippen LogP) is 1.87. The van der Waals surface area contributed by atoms with E-state index in [2.05, 4.69) is 0 Å². The molecule has 1 heterocycles. The minimum atomic E-state index is -0.875. The second-order valence-electron chi connectivity index (χ2n) is 4.63. The lowest BCUT2D eigenvalue weighted by Crippen LogP contribution is -2.34. The van der Waals surface area contributed by atoms with Crippen molar-refractivity contribution in [2.24, 2.45) is 0 Å². The maximum Gasteiger partial charge on any atom is 0.407 e. The van der Waals surface area contributed by atoms with Gasteiger partial charge in [0.05, 0.1) is 6.61 Å². The number of carboxylic acid groups (broad SMARTS) is 1. The number of unbranched alkanes of at least 4 members (excludes halogenated alkanes) is 1. The van der Waals surface area contributed by atoms with E-state index in [1.165, 1.54) is 4.90 Å². The van der Waals surface area contributed by atoms with E-state index in [1.807, 2.05) is 18.2 Å². The Bertz CT molecular complexity index is 447. The van der Waals surface area contributed by atoms with E-state index >= 15 is 0 Å². The fourth-order valence-corrected chi connectivity index (χ4v) is 2.27. The van der Waals surface area contributed by atoms with E-state index < -0.39 is 6.09 Å². The Morgan fingerprint density at radius 2 is 2.21 bits per heavy atom. The first-order valence-electron chi connectivity index (χ1n) is 6.54. The van der Waals surface area contributed by atoms with Crippen molar-refractivity contribution in [3.8, 4) is 5.75 Å². The number of aliphatic hydroxyl groups excluding tert-OH is 1. The Labute approximate surface area is 112 Å². The molecule has 5 nitrogen and oxygen atoms in total. The number of hydrogen-bond donors (Lipinski definition) is 2. The summed E-state index contributed by atoms with van der Waals surface area (Å²) >= 11 is 0. The average Bonchev–Trinajstić information content (AvgIpc) is 2.43. The number of hydrogen-bond acceptors (Lipinski definition) is 3. The molecule has 1 amide bonds. The Balaban J connectivity index is 2.03. The maximum atomic E-state index is 11.0. The number of benzene rings is 1. The molecule has 0 unspecified atom stereocenters. The Kier molecular flexibility index (Phi) is 4.63. The zero-order valence-corrected chi connectivity index (χ0v) is 10.8. The molecule has 0 radical (unpaired) electrons. The molecule has 0 aliphatic carbocycles. The highest BCUT2D eigenvalue weighted by Gasteiger charge is 2.22. The standard InChI is InChI=1S/C14H19NO4/c16-8-1-2-9-19-13-5-3-4-11-10-15(14(17)18)7-6-12(11)13/h3-5,16H,1-2,6-10H2,(H,17,18). The highest BCUT2D eigenvalue weighted by atomic mass is 16.5. The fraction of sp³-hybridized carbons (Fsp3) is 0.500. The van der Waals surface area contributed by atoms with E-state index in [0.717, 1.165) is 29.7 Å². The summed E-state index contributed by atoms with van der Waals surface area (Å²) in [6.45, 7) is 1.71. The summed E-state index contributed by atoms with van der Waals surface area (Å²) in [6.07, 6.45) is 1.38. The van der Waals surface area contributed by atoms with E-state index in [9.17, 15) is 4.79 Å². The zero-order chi connectivity index (χ0) is 13.7. The molecule has 104 valence electrons. The van der Waals surface area contributed by atoms with Gasteiger partial charge in [-0.3, -0.25) is 0 Å². The van der Waals surface area contributed by atoms with Gasteiger partial charge in [0.15, 0.2) is 0 Å². The molecule has 1 aliphatic heterocycles. The van der Waals surface area contributed by atoms with Gasteiger partial charge in [-0.25, -0.2) is 4.79 Å². The summed E-state index contributed by atoms with van der Waals surface area (Å²) in [5, 5.41) is 17.7. The first-order chi connectivity index (χ1) is 9.22. The quantitative estimate of drug-likeness (QED) is 0.797. The van der Waals surface area contributed by atoms with Crippen LogP contribution in [0.2, 0.25) is 0 Å². The molecule has 1 aromatic carbocycles. The Morgan fingerprint density at radius 3 is 2.95 bits per heavy atom. The molecular formula is C14H19NO4. The summed E-state index contributed by atoms with van der Waals surface area (Å²) in [5.41, 5.74) is 2.14. The molecule has 5 heteroatoms. The molecular weight excluding hydrogens is 246 g/mol. The summed E-state index contributed by atoms with van der Waals surface area (Å²) in [6, 6.07) is 5.77. The molecule has 0 atom stereocenters. The second-order valence-corrected chi connectivity index (χ2v) is 4.63. The third-order valence-corrected chi connectivity index (χ3v) is 3.30. The van der Waals surface area contributed by atoms with Crippen molar-refractivity contribution >= 4 is 6.09 Å². The molecule has 2 N–H and O–H groups in total. The van der Waals surface area contributed by atoms with E-state index in [4.69, 9.17) is 14.9 Å². The monoisotopic (exact) mass is 265 g/mol. The molecule has 1 aromatic rings. The third kappa shape index (κ3) is 3.38. The summed E-state index contributed by atoms with van der Waals surface area (Å²) in [7, 11) is 0. The van der Waals surface area contributed by atoms with Crippen LogP contribution in [0, 0.1) is 0 Å². The van der Waals surface area contributed by atoms with Crippen LogP contribution in [0.1, 0.15) is 24.0 Å². The van der Waals surface area contributed by atoms with Crippen LogP contribution < -0.4 is 4.74 Å². The number of rotatable bonds is 5. The van der Waals surface area contributed by atoms with Crippen LogP contribution in [0.5, 0.6) is 5.75 Å². The first kappa shape index (κ1) is 13.7. The van der Waals surface area contributed by atoms with Crippen LogP contribution in [-0.2, 0) is 13.0 Å². The van der Waals surface area contributed by atoms with Crippen LogP contribution in [0.25, 0.3) is 0 Å². The smallest absolute Gasteiger partial charge is 0.407 e. The molecule has 0 saturated carbocycles. The van der Waals surface area contributed by atoms with Crippen molar-refractivity contribution in [2.45, 2.75) is 25.8 Å². The van der Waals surface area contributed by atoms with Crippen molar-refractivity contribution in [1.29, 1.82) is 0 Å². The highest BCUT2D eigenvalue weighted by Crippen LogP contribution is 2.28. The van der Waals surface area contributed by atoms with Crippen LogP contribution >= 0.6 is 0 Å². The average molecular weight is 265 g/mol. The zero-order valence-electron chi connectivity index (χ0n) is 10.8. The second kappa shape index (κ2) is 6.43. The molecule has 0 fully saturated rings. The van der Waals surface area contributed by atoms with Gasteiger partial charge in [-0.05, 0) is 30.9 Å². The van der Waals surface area contributed by atoms with Gasteiger partial charge in [0.2, 0.25) is 0 Å². The van der Waals surface area contributed by atoms with E-state index in [-0.39, 0.29) is 6.61 Å². The van der Waals surface area contributed by atoms with Gasteiger partial charge in [-0.2, -0.15) is 0 Å². The number of nitrogens with zero attached hydrogens (tertiary/aromatic N) is 1. The van der Waals surface area contributed by atoms with Gasteiger partial charge < -0.3 is 19.8 Å². The van der Waals surface area contributed by atoms with Crippen molar-refractivity contribution in [1.82, 2.24) is 4.90 Å². The first-order valence-corrected chi connectivity index (χ1v) is 6.54. The third-order valence-electron chi connectivity index (χ3n) is 3.30. The summed E-state index contributed by atoms with van der Waals surface area (Å²) in [5.74, 6) is 0.848. The molecule has 0 bridgehead atoms. The molecule has 19 heavy (non-hydrogen) atoms. The van der Waals surface area contributed by atoms with E-state index in [0.29, 0.717) is 26.1 Å². The molecule has 0 spiro atoms. The van der Waals surface area contributed by atoms with Crippen LogP contribution in [0.15, 0.2) is 18.2 Å². The maximum absolute atomic E-state index is 11.0. The summed E-state index contributed by atoms with van der Waals surface area (Å²) in [4.78, 5) is 12.4. The van der Waals surface area contributed by atoms with E-state index in [1.54, 1.807) is 0 Å². The van der Waals surface area contributed by atoms with Crippen LogP contribution in [0.4, 0.5) is 4.79 Å². The molecule has 0 saturated heterocycles. The van der Waals surface area contributed by atoms with Gasteiger partial charge in [0, 0.05) is 25.3 Å². The lowest BCUT2D eigenvalue weighted by atomic mass is 9.99. The normalized spacial score (nSPS) is 14.1. The number of amides is 1. The highest BCUT2D eigenvalue weighted by molar-refractivity contribution is 5.65. The number of fused-ring (bicyclic) bond motifs is 1. The largest absolute Gasteiger partial charge is 0.493 e. The Morgan fingerprint density at radius 1 is 1.37 bits per heavy atom. The molecule has 0 aromatic heterocycles. The topological polar surface area (TPSA) is 70.0 Å². The van der Waals surface area contributed by atoms with Crippen molar-refractivity contribution in [3.05, 3.63) is 29.3 Å².